The molecule has 3 aromatic rings. The lowest BCUT2D eigenvalue weighted by molar-refractivity contribution is 0.0322. The highest BCUT2D eigenvalue weighted by Gasteiger charge is 2.13. The number of halogens is 1. The molecule has 4 rings (SSSR count). The molecule has 0 bridgehead atoms. The van der Waals surface area contributed by atoms with Crippen LogP contribution >= 0.6 is 11.6 Å². The van der Waals surface area contributed by atoms with Gasteiger partial charge in [0, 0.05) is 25.2 Å². The number of morpholine rings is 1. The van der Waals surface area contributed by atoms with Crippen molar-refractivity contribution in [2.24, 2.45) is 0 Å². The van der Waals surface area contributed by atoms with Gasteiger partial charge in [-0.15, -0.1) is 0 Å². The molecule has 1 aliphatic rings. The summed E-state index contributed by atoms with van der Waals surface area (Å²) in [6.07, 6.45) is 0. The quantitative estimate of drug-likeness (QED) is 0.468. The smallest absolute Gasteiger partial charge is 0.119 e. The lowest BCUT2D eigenvalue weighted by Crippen LogP contribution is -2.38. The summed E-state index contributed by atoms with van der Waals surface area (Å²) in [7, 11) is 0. The van der Waals surface area contributed by atoms with E-state index in [9.17, 15) is 0 Å². The monoisotopic (exact) mass is 419 g/mol. The van der Waals surface area contributed by atoms with Crippen molar-refractivity contribution >= 4 is 22.2 Å². The summed E-state index contributed by atoms with van der Waals surface area (Å²) in [5, 5.41) is 0.739. The van der Waals surface area contributed by atoms with Gasteiger partial charge in [-0.3, -0.25) is 4.90 Å². The van der Waals surface area contributed by atoms with Gasteiger partial charge in [-0.1, -0.05) is 84.4 Å². The average Bonchev–Trinajstić information content (AvgIpc) is 2.82. The second-order valence-corrected chi connectivity index (χ2v) is 7.63. The molecule has 1 aliphatic heterocycles. The van der Waals surface area contributed by atoms with Crippen LogP contribution in [-0.2, 0) is 4.74 Å². The lowest BCUT2D eigenvalue weighted by Gasteiger charge is -2.26. The third-order valence-corrected chi connectivity index (χ3v) is 5.64. The van der Waals surface area contributed by atoms with Gasteiger partial charge in [-0.25, -0.2) is 0 Å². The molecule has 1 saturated heterocycles. The van der Waals surface area contributed by atoms with E-state index in [-0.39, 0.29) is 0 Å². The molecule has 0 aromatic heterocycles. The maximum atomic E-state index is 6.88. The number of hydrogen-bond acceptors (Lipinski definition) is 3. The van der Waals surface area contributed by atoms with Crippen molar-refractivity contribution < 1.29 is 9.47 Å². The topological polar surface area (TPSA) is 21.7 Å². The van der Waals surface area contributed by atoms with E-state index in [2.05, 4.69) is 29.2 Å². The van der Waals surface area contributed by atoms with Crippen molar-refractivity contribution in [1.82, 2.24) is 4.90 Å². The van der Waals surface area contributed by atoms with Crippen LogP contribution in [0.4, 0.5) is 0 Å². The van der Waals surface area contributed by atoms with Crippen molar-refractivity contribution in [1.29, 1.82) is 0 Å². The Bertz CT molecular complexity index is 949. The summed E-state index contributed by atoms with van der Waals surface area (Å²) < 4.78 is 11.4. The summed E-state index contributed by atoms with van der Waals surface area (Å²) >= 11 is 6.88. The fraction of sp³-hybridized carbons (Fsp3) is 0.231. The molecule has 4 heteroatoms. The maximum Gasteiger partial charge on any atom is 0.119 e. The van der Waals surface area contributed by atoms with Crippen LogP contribution in [0.25, 0.3) is 10.6 Å². The zero-order valence-corrected chi connectivity index (χ0v) is 17.7. The minimum absolute atomic E-state index is 0.672. The molecule has 3 nitrogen and oxygen atoms in total. The number of rotatable bonds is 7. The van der Waals surface area contributed by atoms with Gasteiger partial charge in [-0.2, -0.15) is 0 Å². The Morgan fingerprint density at radius 3 is 1.97 bits per heavy atom. The molecule has 0 N–H and O–H groups in total. The Kier molecular flexibility index (Phi) is 7.20. The van der Waals surface area contributed by atoms with Gasteiger partial charge >= 0.3 is 0 Å². The largest absolute Gasteiger partial charge is 0.492 e. The predicted molar refractivity (Wildman–Crippen MR) is 124 cm³/mol. The number of ether oxygens (including phenoxy) is 2. The number of nitrogens with zero attached hydrogens (tertiary/aromatic N) is 1. The van der Waals surface area contributed by atoms with Crippen molar-refractivity contribution in [3.63, 3.8) is 0 Å². The number of benzene rings is 3. The van der Waals surface area contributed by atoms with Crippen LogP contribution < -0.4 is 4.74 Å². The van der Waals surface area contributed by atoms with E-state index in [0.29, 0.717) is 6.61 Å². The molecule has 154 valence electrons. The molecule has 0 amide bonds. The summed E-state index contributed by atoms with van der Waals surface area (Å²) in [4.78, 5) is 2.37. The van der Waals surface area contributed by atoms with Crippen LogP contribution in [0.5, 0.6) is 5.75 Å². The van der Waals surface area contributed by atoms with E-state index in [0.717, 1.165) is 65.9 Å². The lowest BCUT2D eigenvalue weighted by atomic mass is 9.95. The molecule has 0 saturated carbocycles. The Morgan fingerprint density at radius 2 is 1.33 bits per heavy atom. The van der Waals surface area contributed by atoms with Gasteiger partial charge in [0.05, 0.1) is 18.2 Å². The van der Waals surface area contributed by atoms with Gasteiger partial charge in [0.15, 0.2) is 0 Å². The first-order valence-electron chi connectivity index (χ1n) is 10.4. The van der Waals surface area contributed by atoms with Crippen LogP contribution in [0.2, 0.25) is 0 Å². The van der Waals surface area contributed by atoms with Crippen molar-refractivity contribution in [2.45, 2.75) is 0 Å². The molecular weight excluding hydrogens is 394 g/mol. The molecular formula is C26H26ClNO2. The first-order valence-corrected chi connectivity index (χ1v) is 10.7. The van der Waals surface area contributed by atoms with E-state index < -0.39 is 0 Å². The van der Waals surface area contributed by atoms with Crippen LogP contribution in [0.15, 0.2) is 84.9 Å². The van der Waals surface area contributed by atoms with E-state index in [1.165, 1.54) is 0 Å². The molecule has 1 fully saturated rings. The fourth-order valence-corrected chi connectivity index (χ4v) is 3.93. The zero-order valence-electron chi connectivity index (χ0n) is 17.0. The minimum Gasteiger partial charge on any atom is -0.492 e. The van der Waals surface area contributed by atoms with Gasteiger partial charge < -0.3 is 9.47 Å². The van der Waals surface area contributed by atoms with Gasteiger partial charge in [0.25, 0.3) is 0 Å². The second kappa shape index (κ2) is 10.4. The summed E-state index contributed by atoms with van der Waals surface area (Å²) in [5.41, 5.74) is 4.18. The molecule has 0 unspecified atom stereocenters. The summed E-state index contributed by atoms with van der Waals surface area (Å²) in [6.45, 7) is 5.17. The highest BCUT2D eigenvalue weighted by Crippen LogP contribution is 2.35. The third kappa shape index (κ3) is 5.31. The fourth-order valence-electron chi connectivity index (χ4n) is 3.59. The average molecular weight is 420 g/mol. The summed E-state index contributed by atoms with van der Waals surface area (Å²) in [6, 6.07) is 28.6. The molecule has 3 aromatic carbocycles. The molecule has 0 spiro atoms. The Morgan fingerprint density at radius 1 is 0.767 bits per heavy atom. The number of hydrogen-bond donors (Lipinski definition) is 0. The van der Waals surface area contributed by atoms with E-state index in [1.54, 1.807) is 0 Å². The van der Waals surface area contributed by atoms with Gasteiger partial charge in [-0.05, 0) is 28.8 Å². The van der Waals surface area contributed by atoms with Crippen molar-refractivity contribution in [3.05, 3.63) is 102 Å². The van der Waals surface area contributed by atoms with E-state index >= 15 is 0 Å². The van der Waals surface area contributed by atoms with Crippen LogP contribution in [-0.4, -0.2) is 44.4 Å². The highest BCUT2D eigenvalue weighted by atomic mass is 35.5. The Balaban J connectivity index is 1.53. The first kappa shape index (κ1) is 20.7. The van der Waals surface area contributed by atoms with Crippen molar-refractivity contribution in [3.8, 4) is 5.75 Å². The molecule has 0 aliphatic carbocycles. The van der Waals surface area contributed by atoms with Crippen LogP contribution in [0, 0.1) is 0 Å². The normalized spacial score (nSPS) is 15.5. The zero-order chi connectivity index (χ0) is 20.6. The van der Waals surface area contributed by atoms with Crippen LogP contribution in [0.3, 0.4) is 0 Å². The highest BCUT2D eigenvalue weighted by molar-refractivity contribution is 6.53. The Labute approximate surface area is 183 Å². The standard InChI is InChI=1S/C26H26ClNO2/c27-26(23-9-5-2-6-10-23)25(21-7-3-1-4-8-21)22-11-13-24(14-12-22)30-20-17-28-15-18-29-19-16-28/h1-14H,15-20H2/b26-25+. The van der Waals surface area contributed by atoms with E-state index in [1.807, 2.05) is 60.7 Å². The first-order chi connectivity index (χ1) is 14.8. The summed E-state index contributed by atoms with van der Waals surface area (Å²) in [5.74, 6) is 0.871. The second-order valence-electron chi connectivity index (χ2n) is 7.25. The molecule has 30 heavy (non-hydrogen) atoms. The molecule has 1 heterocycles. The Hall–Kier alpha value is -2.59. The maximum absolute atomic E-state index is 6.88. The predicted octanol–water partition coefficient (Wildman–Crippen LogP) is 5.55. The van der Waals surface area contributed by atoms with Gasteiger partial charge in [0.2, 0.25) is 0 Å². The van der Waals surface area contributed by atoms with Crippen molar-refractivity contribution in [2.75, 3.05) is 39.5 Å². The third-order valence-electron chi connectivity index (χ3n) is 5.23. The van der Waals surface area contributed by atoms with E-state index in [4.69, 9.17) is 21.1 Å². The molecule has 0 atom stereocenters. The van der Waals surface area contributed by atoms with Gasteiger partial charge in [0.1, 0.15) is 12.4 Å². The van der Waals surface area contributed by atoms with Crippen LogP contribution in [0.1, 0.15) is 16.7 Å². The minimum atomic E-state index is 0.672. The SMILES string of the molecule is Cl/C(=C(\c1ccccc1)c1ccc(OCCN2CCOCC2)cc1)c1ccccc1. The molecule has 0 radical (unpaired) electrons.